The number of ether oxygens (including phenoxy) is 2. The first-order valence-electron chi connectivity index (χ1n) is 12.3. The van der Waals surface area contributed by atoms with Crippen molar-refractivity contribution in [2.45, 2.75) is 63.8 Å². The summed E-state index contributed by atoms with van der Waals surface area (Å²) in [7, 11) is 1.74. The maximum Gasteiger partial charge on any atom is 0.257 e. The molecule has 0 aliphatic carbocycles. The maximum absolute atomic E-state index is 13.8. The van der Waals surface area contributed by atoms with E-state index >= 15 is 0 Å². The summed E-state index contributed by atoms with van der Waals surface area (Å²) in [6, 6.07) is 11.2. The van der Waals surface area contributed by atoms with Crippen LogP contribution in [0.4, 0.5) is 10.1 Å². The number of carbonyl (C=O) groups is 3. The zero-order valence-electron chi connectivity index (χ0n) is 20.6. The number of benzene rings is 2. The molecule has 0 aromatic heterocycles. The van der Waals surface area contributed by atoms with Gasteiger partial charge in [0.05, 0.1) is 24.1 Å². The van der Waals surface area contributed by atoms with Gasteiger partial charge in [-0.15, -0.1) is 0 Å². The van der Waals surface area contributed by atoms with Crippen LogP contribution in [0.5, 0.6) is 5.75 Å². The van der Waals surface area contributed by atoms with Gasteiger partial charge in [-0.3, -0.25) is 14.4 Å². The second-order valence-corrected chi connectivity index (χ2v) is 9.25. The van der Waals surface area contributed by atoms with Crippen LogP contribution in [0.3, 0.4) is 0 Å². The van der Waals surface area contributed by atoms with Crippen molar-refractivity contribution in [3.05, 3.63) is 59.4 Å². The van der Waals surface area contributed by atoms with Crippen LogP contribution in [0.25, 0.3) is 0 Å². The molecule has 0 saturated carbocycles. The van der Waals surface area contributed by atoms with Gasteiger partial charge in [-0.05, 0) is 43.5 Å². The summed E-state index contributed by atoms with van der Waals surface area (Å²) in [5.41, 5.74) is 1.37. The molecule has 192 valence electrons. The minimum atomic E-state index is -0.394. The van der Waals surface area contributed by atoms with E-state index in [0.717, 1.165) is 6.42 Å². The molecule has 2 N–H and O–H groups in total. The first-order chi connectivity index (χ1) is 17.4. The molecule has 8 nitrogen and oxygen atoms in total. The molecule has 0 spiro atoms. The number of hydrogen-bond donors (Lipinski definition) is 2. The van der Waals surface area contributed by atoms with Gasteiger partial charge in [-0.2, -0.15) is 0 Å². The van der Waals surface area contributed by atoms with Gasteiger partial charge < -0.3 is 25.0 Å². The molecule has 3 atom stereocenters. The quantitative estimate of drug-likeness (QED) is 0.609. The van der Waals surface area contributed by atoms with Crippen LogP contribution in [0, 0.1) is 5.82 Å². The minimum absolute atomic E-state index is 0.102. The Hall–Kier alpha value is -3.46. The Balaban J connectivity index is 1.38. The van der Waals surface area contributed by atoms with E-state index in [1.54, 1.807) is 48.3 Å². The zero-order valence-corrected chi connectivity index (χ0v) is 20.6. The second-order valence-electron chi connectivity index (χ2n) is 9.25. The number of rotatable bonds is 7. The summed E-state index contributed by atoms with van der Waals surface area (Å²) in [4.78, 5) is 39.4. The number of amides is 3. The summed E-state index contributed by atoms with van der Waals surface area (Å²) >= 11 is 0. The van der Waals surface area contributed by atoms with Crippen LogP contribution in [-0.4, -0.2) is 54.5 Å². The smallest absolute Gasteiger partial charge is 0.257 e. The normalized spacial score (nSPS) is 21.4. The molecule has 3 amide bonds. The van der Waals surface area contributed by atoms with Crippen molar-refractivity contribution < 1.29 is 28.2 Å². The van der Waals surface area contributed by atoms with Crippen molar-refractivity contribution in [1.82, 2.24) is 10.2 Å². The fraction of sp³-hybridized carbons (Fsp3) is 0.444. The van der Waals surface area contributed by atoms with Crippen molar-refractivity contribution in [2.75, 3.05) is 19.0 Å². The van der Waals surface area contributed by atoms with E-state index < -0.39 is 6.10 Å². The van der Waals surface area contributed by atoms with Gasteiger partial charge >= 0.3 is 0 Å². The Bertz CT molecular complexity index is 1120. The Morgan fingerprint density at radius 1 is 1.14 bits per heavy atom. The minimum Gasteiger partial charge on any atom is -0.490 e. The summed E-state index contributed by atoms with van der Waals surface area (Å²) in [6.45, 7) is 2.27. The Labute approximate surface area is 210 Å². The number of anilines is 1. The first kappa shape index (κ1) is 25.6. The third-order valence-corrected chi connectivity index (χ3v) is 6.62. The van der Waals surface area contributed by atoms with Gasteiger partial charge in [0, 0.05) is 31.3 Å². The van der Waals surface area contributed by atoms with Gasteiger partial charge in [0.1, 0.15) is 24.3 Å². The molecule has 1 fully saturated rings. The van der Waals surface area contributed by atoms with E-state index in [1.165, 1.54) is 6.07 Å². The number of fused-ring (bicyclic) bond motifs is 2. The van der Waals surface area contributed by atoms with Crippen LogP contribution in [0.2, 0.25) is 0 Å². The predicted octanol–water partition coefficient (Wildman–Crippen LogP) is 3.65. The lowest BCUT2D eigenvalue weighted by Crippen LogP contribution is -2.53. The van der Waals surface area contributed by atoms with Crippen LogP contribution in [-0.2, 0) is 20.9 Å². The molecule has 0 unspecified atom stereocenters. The molecule has 9 heteroatoms. The van der Waals surface area contributed by atoms with E-state index in [9.17, 15) is 18.8 Å². The highest BCUT2D eigenvalue weighted by molar-refractivity contribution is 5.99. The van der Waals surface area contributed by atoms with Crippen LogP contribution in [0.1, 0.15) is 54.9 Å². The molecular formula is C27H32FN3O5. The fourth-order valence-corrected chi connectivity index (χ4v) is 4.67. The Morgan fingerprint density at radius 3 is 2.72 bits per heavy atom. The first-order valence-corrected chi connectivity index (χ1v) is 12.3. The van der Waals surface area contributed by atoms with Crippen molar-refractivity contribution >= 4 is 23.4 Å². The maximum atomic E-state index is 13.8. The summed E-state index contributed by atoms with van der Waals surface area (Å²) in [6.07, 6.45) is 1.83. The third kappa shape index (κ3) is 6.02. The van der Waals surface area contributed by atoms with E-state index in [0.29, 0.717) is 41.8 Å². The SMILES string of the molecule is CCCC(=O)Nc1ccc2c(c1)C(=O)N(C)[C@@H]1CC[C@H](CC(=O)NCc3ccccc3F)O[C@H]1CO2. The number of hydrogen-bond acceptors (Lipinski definition) is 5. The lowest BCUT2D eigenvalue weighted by atomic mass is 9.94. The van der Waals surface area contributed by atoms with E-state index in [2.05, 4.69) is 10.6 Å². The average molecular weight is 498 g/mol. The van der Waals surface area contributed by atoms with Crippen LogP contribution < -0.4 is 15.4 Å². The summed E-state index contributed by atoms with van der Waals surface area (Å²) in [5.74, 6) is -0.469. The molecule has 4 rings (SSSR count). The summed E-state index contributed by atoms with van der Waals surface area (Å²) < 4.78 is 26.0. The largest absolute Gasteiger partial charge is 0.490 e. The van der Waals surface area contributed by atoms with Crippen molar-refractivity contribution in [2.24, 2.45) is 0 Å². The standard InChI is InChI=1S/C27H32FN3O5/c1-3-6-25(32)30-18-9-12-23-20(13-18)27(34)31(2)22-11-10-19(36-24(22)16-35-23)14-26(33)29-15-17-7-4-5-8-21(17)28/h4-5,7-9,12-13,19,22,24H,3,6,10-11,14-16H2,1-2H3,(H,29,33)(H,30,32)/t19-,22-,24+/m1/s1. The summed E-state index contributed by atoms with van der Waals surface area (Å²) in [5, 5.41) is 5.57. The molecule has 0 radical (unpaired) electrons. The zero-order chi connectivity index (χ0) is 25.7. The van der Waals surface area contributed by atoms with Crippen LogP contribution in [0.15, 0.2) is 42.5 Å². The van der Waals surface area contributed by atoms with Gasteiger partial charge in [0.2, 0.25) is 11.8 Å². The molecule has 1 saturated heterocycles. The number of likely N-dealkylation sites (N-methyl/N-ethyl adjacent to an activating group) is 1. The average Bonchev–Trinajstić information content (AvgIpc) is 2.86. The lowest BCUT2D eigenvalue weighted by molar-refractivity contribution is -0.134. The number of nitrogens with one attached hydrogen (secondary N) is 2. The Morgan fingerprint density at radius 2 is 1.94 bits per heavy atom. The second kappa shape index (κ2) is 11.5. The van der Waals surface area contributed by atoms with E-state index in [-0.39, 0.29) is 55.3 Å². The number of carbonyl (C=O) groups excluding carboxylic acids is 3. The third-order valence-electron chi connectivity index (χ3n) is 6.62. The molecule has 2 heterocycles. The van der Waals surface area contributed by atoms with Gasteiger partial charge in [0.15, 0.2) is 0 Å². The Kier molecular flexibility index (Phi) is 8.20. The highest BCUT2D eigenvalue weighted by Gasteiger charge is 2.39. The molecule has 2 aromatic rings. The van der Waals surface area contributed by atoms with Gasteiger partial charge in [-0.1, -0.05) is 25.1 Å². The highest BCUT2D eigenvalue weighted by Crippen LogP contribution is 2.32. The number of halogens is 1. The predicted molar refractivity (Wildman–Crippen MR) is 132 cm³/mol. The fourth-order valence-electron chi connectivity index (χ4n) is 4.67. The van der Waals surface area contributed by atoms with Crippen molar-refractivity contribution in [1.29, 1.82) is 0 Å². The van der Waals surface area contributed by atoms with Crippen molar-refractivity contribution in [3.63, 3.8) is 0 Å². The van der Waals surface area contributed by atoms with E-state index in [1.807, 2.05) is 6.92 Å². The van der Waals surface area contributed by atoms with E-state index in [4.69, 9.17) is 9.47 Å². The van der Waals surface area contributed by atoms with Gasteiger partial charge in [0.25, 0.3) is 5.91 Å². The highest BCUT2D eigenvalue weighted by atomic mass is 19.1. The lowest BCUT2D eigenvalue weighted by Gasteiger charge is -2.42. The molecule has 2 aliphatic rings. The monoisotopic (exact) mass is 497 g/mol. The van der Waals surface area contributed by atoms with Gasteiger partial charge in [-0.25, -0.2) is 4.39 Å². The van der Waals surface area contributed by atoms with Crippen molar-refractivity contribution in [3.8, 4) is 5.75 Å². The molecule has 2 aliphatic heterocycles. The molecular weight excluding hydrogens is 465 g/mol. The molecule has 0 bridgehead atoms. The topological polar surface area (TPSA) is 97.0 Å². The van der Waals surface area contributed by atoms with Crippen LogP contribution >= 0.6 is 0 Å². The molecule has 36 heavy (non-hydrogen) atoms. The number of nitrogens with zero attached hydrogens (tertiary/aromatic N) is 1. The molecule has 2 aromatic carbocycles.